The Hall–Kier alpha value is -1.35. The molecular weight excluding hydrogens is 164 g/mol. The van der Waals surface area contributed by atoms with E-state index in [0.717, 1.165) is 16.5 Å². The van der Waals surface area contributed by atoms with E-state index in [-0.39, 0.29) is 5.54 Å². The first kappa shape index (κ1) is 8.26. The third kappa shape index (κ3) is 1.31. The molecule has 0 unspecified atom stereocenters. The summed E-state index contributed by atoms with van der Waals surface area (Å²) in [6.45, 7) is 3.90. The van der Waals surface area contributed by atoms with E-state index in [9.17, 15) is 0 Å². The van der Waals surface area contributed by atoms with E-state index >= 15 is 0 Å². The molecular formula is C10H12N2O. The van der Waals surface area contributed by atoms with Crippen LogP contribution in [0.1, 0.15) is 19.4 Å². The van der Waals surface area contributed by atoms with Gasteiger partial charge < -0.3 is 10.2 Å². The van der Waals surface area contributed by atoms with Gasteiger partial charge in [-0.1, -0.05) is 0 Å². The molecule has 3 heteroatoms. The van der Waals surface area contributed by atoms with Crippen molar-refractivity contribution in [3.63, 3.8) is 0 Å². The minimum atomic E-state index is -0.381. The Bertz CT molecular complexity index is 426. The highest BCUT2D eigenvalue weighted by molar-refractivity contribution is 5.80. The highest BCUT2D eigenvalue weighted by atomic mass is 16.3. The third-order valence-electron chi connectivity index (χ3n) is 2.07. The van der Waals surface area contributed by atoms with Gasteiger partial charge >= 0.3 is 0 Å². The number of aromatic nitrogens is 1. The second kappa shape index (κ2) is 2.57. The number of pyridine rings is 1. The van der Waals surface area contributed by atoms with Crippen molar-refractivity contribution in [2.45, 2.75) is 19.4 Å². The molecule has 13 heavy (non-hydrogen) atoms. The molecule has 3 nitrogen and oxygen atoms in total. The second-order valence-corrected chi connectivity index (χ2v) is 3.74. The van der Waals surface area contributed by atoms with Crippen LogP contribution in [0.25, 0.3) is 11.0 Å². The average Bonchev–Trinajstić information content (AvgIpc) is 2.45. The van der Waals surface area contributed by atoms with Crippen LogP contribution in [0.4, 0.5) is 0 Å². The van der Waals surface area contributed by atoms with E-state index in [1.165, 1.54) is 0 Å². The zero-order valence-electron chi connectivity index (χ0n) is 7.74. The fourth-order valence-electron chi connectivity index (χ4n) is 1.37. The van der Waals surface area contributed by atoms with Crippen molar-refractivity contribution >= 4 is 11.0 Å². The average molecular weight is 176 g/mol. The number of nitrogens with two attached hydrogens (primary N) is 1. The smallest absolute Gasteiger partial charge is 0.137 e. The zero-order valence-corrected chi connectivity index (χ0v) is 7.74. The third-order valence-corrected chi connectivity index (χ3v) is 2.07. The Morgan fingerprint density at radius 2 is 2.23 bits per heavy atom. The first-order valence-electron chi connectivity index (χ1n) is 4.19. The van der Waals surface area contributed by atoms with Crippen LogP contribution >= 0.6 is 0 Å². The number of fused-ring (bicyclic) bond motifs is 1. The quantitative estimate of drug-likeness (QED) is 0.723. The summed E-state index contributed by atoms with van der Waals surface area (Å²) >= 11 is 0. The predicted octanol–water partition coefficient (Wildman–Crippen LogP) is 2.02. The van der Waals surface area contributed by atoms with Gasteiger partial charge in [0.2, 0.25) is 0 Å². The number of rotatable bonds is 1. The fourth-order valence-corrected chi connectivity index (χ4v) is 1.37. The van der Waals surface area contributed by atoms with E-state index in [1.54, 1.807) is 18.7 Å². The zero-order chi connectivity index (χ0) is 9.47. The Labute approximate surface area is 76.6 Å². The maximum absolute atomic E-state index is 5.98. The molecule has 0 saturated carbocycles. The molecule has 0 aliphatic carbocycles. The highest BCUT2D eigenvalue weighted by Gasteiger charge is 2.19. The Morgan fingerprint density at radius 3 is 2.92 bits per heavy atom. The van der Waals surface area contributed by atoms with Gasteiger partial charge in [0.15, 0.2) is 0 Å². The molecule has 0 aromatic carbocycles. The van der Waals surface area contributed by atoms with Crippen molar-refractivity contribution in [1.82, 2.24) is 4.98 Å². The van der Waals surface area contributed by atoms with Crippen LogP contribution in [0, 0.1) is 0 Å². The highest BCUT2D eigenvalue weighted by Crippen LogP contribution is 2.27. The van der Waals surface area contributed by atoms with Crippen LogP contribution in [-0.2, 0) is 5.54 Å². The summed E-state index contributed by atoms with van der Waals surface area (Å²) < 4.78 is 5.36. The largest absolute Gasteiger partial charge is 0.464 e. The summed E-state index contributed by atoms with van der Waals surface area (Å²) in [5.41, 5.74) is 7.43. The number of nitrogens with zero attached hydrogens (tertiary/aromatic N) is 1. The number of hydrogen-bond acceptors (Lipinski definition) is 3. The van der Waals surface area contributed by atoms with Gasteiger partial charge in [0, 0.05) is 28.9 Å². The number of hydrogen-bond donors (Lipinski definition) is 1. The summed E-state index contributed by atoms with van der Waals surface area (Å²) in [6, 6.07) is 1.84. The summed E-state index contributed by atoms with van der Waals surface area (Å²) in [7, 11) is 0. The molecule has 0 spiro atoms. The van der Waals surface area contributed by atoms with Crippen LogP contribution in [0.2, 0.25) is 0 Å². The summed E-state index contributed by atoms with van der Waals surface area (Å²) in [5, 5.41) is 0.995. The number of furan rings is 1. The van der Waals surface area contributed by atoms with Crippen molar-refractivity contribution in [3.8, 4) is 0 Å². The van der Waals surface area contributed by atoms with Gasteiger partial charge in [0.05, 0.1) is 6.26 Å². The Balaban J connectivity index is 2.72. The van der Waals surface area contributed by atoms with E-state index in [1.807, 2.05) is 19.9 Å². The van der Waals surface area contributed by atoms with Crippen molar-refractivity contribution < 1.29 is 4.42 Å². The molecule has 0 aliphatic rings. The van der Waals surface area contributed by atoms with Crippen LogP contribution in [0.15, 0.2) is 29.1 Å². The molecule has 2 heterocycles. The monoisotopic (exact) mass is 176 g/mol. The molecule has 2 N–H and O–H groups in total. The minimum Gasteiger partial charge on any atom is -0.464 e. The lowest BCUT2D eigenvalue weighted by molar-refractivity contribution is 0.534. The van der Waals surface area contributed by atoms with Crippen molar-refractivity contribution in [3.05, 3.63) is 30.3 Å². The van der Waals surface area contributed by atoms with Crippen molar-refractivity contribution in [2.75, 3.05) is 0 Å². The maximum atomic E-state index is 5.98. The van der Waals surface area contributed by atoms with Crippen LogP contribution in [0.5, 0.6) is 0 Å². The fraction of sp³-hybridized carbons (Fsp3) is 0.300. The Morgan fingerprint density at radius 1 is 1.46 bits per heavy atom. The van der Waals surface area contributed by atoms with E-state index in [2.05, 4.69) is 4.98 Å². The normalized spacial score (nSPS) is 12.2. The van der Waals surface area contributed by atoms with Gasteiger partial charge in [-0.25, -0.2) is 0 Å². The Kier molecular flexibility index (Phi) is 1.63. The predicted molar refractivity (Wildman–Crippen MR) is 51.2 cm³/mol. The van der Waals surface area contributed by atoms with Gasteiger partial charge in [-0.05, 0) is 19.9 Å². The molecule has 0 fully saturated rings. The molecule has 0 amide bonds. The molecule has 0 radical (unpaired) electrons. The van der Waals surface area contributed by atoms with Gasteiger partial charge in [-0.15, -0.1) is 0 Å². The molecule has 2 rings (SSSR count). The first-order chi connectivity index (χ1) is 6.09. The lowest BCUT2D eigenvalue weighted by atomic mass is 9.96. The van der Waals surface area contributed by atoms with Gasteiger partial charge in [-0.2, -0.15) is 0 Å². The van der Waals surface area contributed by atoms with Crippen molar-refractivity contribution in [1.29, 1.82) is 0 Å². The lowest BCUT2D eigenvalue weighted by Crippen LogP contribution is -2.28. The maximum Gasteiger partial charge on any atom is 0.137 e. The topological polar surface area (TPSA) is 52.0 Å². The van der Waals surface area contributed by atoms with Crippen molar-refractivity contribution in [2.24, 2.45) is 5.73 Å². The SMILES string of the molecule is CC(C)(N)c1coc2ccncc12. The second-order valence-electron chi connectivity index (χ2n) is 3.74. The van der Waals surface area contributed by atoms with E-state index < -0.39 is 0 Å². The van der Waals surface area contributed by atoms with Crippen LogP contribution in [-0.4, -0.2) is 4.98 Å². The standard InChI is InChI=1S/C10H12N2O/c1-10(2,11)8-6-13-9-3-4-12-5-7(8)9/h3-6H,11H2,1-2H3. The molecule has 0 atom stereocenters. The lowest BCUT2D eigenvalue weighted by Gasteiger charge is -2.16. The van der Waals surface area contributed by atoms with Crippen LogP contribution in [0.3, 0.4) is 0 Å². The van der Waals surface area contributed by atoms with Gasteiger partial charge in [-0.3, -0.25) is 4.98 Å². The van der Waals surface area contributed by atoms with E-state index in [4.69, 9.17) is 10.2 Å². The van der Waals surface area contributed by atoms with Gasteiger partial charge in [0.1, 0.15) is 5.58 Å². The molecule has 0 saturated heterocycles. The minimum absolute atomic E-state index is 0.381. The molecule has 2 aromatic rings. The molecule has 68 valence electrons. The molecule has 0 aliphatic heterocycles. The van der Waals surface area contributed by atoms with Crippen LogP contribution < -0.4 is 5.73 Å². The van der Waals surface area contributed by atoms with E-state index in [0.29, 0.717) is 0 Å². The molecule has 0 bridgehead atoms. The molecule has 2 aromatic heterocycles. The van der Waals surface area contributed by atoms with Gasteiger partial charge in [0.25, 0.3) is 0 Å². The first-order valence-corrected chi connectivity index (χ1v) is 4.19. The summed E-state index contributed by atoms with van der Waals surface area (Å²) in [6.07, 6.45) is 5.19. The summed E-state index contributed by atoms with van der Waals surface area (Å²) in [5.74, 6) is 0. The summed E-state index contributed by atoms with van der Waals surface area (Å²) in [4.78, 5) is 4.04.